The van der Waals surface area contributed by atoms with Crippen LogP contribution in [0.2, 0.25) is 0 Å². The fraction of sp³-hybridized carbons (Fsp3) is 0.333. The molecular formula is C18H23F2N3O2S. The van der Waals surface area contributed by atoms with Crippen LogP contribution in [0, 0.1) is 11.6 Å². The predicted molar refractivity (Wildman–Crippen MR) is 101 cm³/mol. The van der Waals surface area contributed by atoms with Gasteiger partial charge >= 0.3 is 0 Å². The Balaban J connectivity index is 2.12. The normalized spacial score (nSPS) is 19.1. The molecule has 1 heterocycles. The Hall–Kier alpha value is -1.71. The molecule has 5 nitrogen and oxygen atoms in total. The molecule has 0 aromatic heterocycles. The summed E-state index contributed by atoms with van der Waals surface area (Å²) in [6.45, 7) is 2.50. The average molecular weight is 383 g/mol. The summed E-state index contributed by atoms with van der Waals surface area (Å²) in [4.78, 5) is 0. The molecule has 2 aromatic rings. The van der Waals surface area contributed by atoms with Crippen molar-refractivity contribution >= 4 is 22.3 Å². The lowest BCUT2D eigenvalue weighted by Crippen LogP contribution is -2.45. The molecule has 0 fully saturated rings. The lowest BCUT2D eigenvalue weighted by atomic mass is 10.1. The minimum absolute atomic E-state index is 0.0380. The zero-order chi connectivity index (χ0) is 18.9. The number of hydrogen-bond donors (Lipinski definition) is 3. The molecule has 0 saturated heterocycles. The van der Waals surface area contributed by atoms with Crippen molar-refractivity contribution < 1.29 is 17.9 Å². The molecule has 4 N–H and O–H groups in total. The molecule has 3 rings (SSSR count). The Bertz CT molecular complexity index is 791. The van der Waals surface area contributed by atoms with Gasteiger partial charge in [-0.2, -0.15) is 4.31 Å². The Morgan fingerprint density at radius 1 is 1.15 bits per heavy atom. The summed E-state index contributed by atoms with van der Waals surface area (Å²) in [5, 5.41) is 0. The summed E-state index contributed by atoms with van der Waals surface area (Å²) >= 11 is 0. The maximum absolute atomic E-state index is 14.5. The quantitative estimate of drug-likeness (QED) is 0.702. The molecule has 2 aromatic carbocycles. The zero-order valence-electron chi connectivity index (χ0n) is 14.5. The number of anilines is 2. The van der Waals surface area contributed by atoms with E-state index < -0.39 is 22.6 Å². The predicted octanol–water partition coefficient (Wildman–Crippen LogP) is 4.63. The molecule has 142 valence electrons. The van der Waals surface area contributed by atoms with Crippen LogP contribution in [0.5, 0.6) is 0 Å². The number of fused-ring (bicyclic) bond motifs is 1. The molecule has 26 heavy (non-hydrogen) atoms. The monoisotopic (exact) mass is 383 g/mol. The van der Waals surface area contributed by atoms with Crippen molar-refractivity contribution in [2.24, 2.45) is 5.73 Å². The van der Waals surface area contributed by atoms with Crippen molar-refractivity contribution in [1.82, 2.24) is 4.31 Å². The van der Waals surface area contributed by atoms with Gasteiger partial charge in [-0.05, 0) is 73.2 Å². The molecule has 1 atom stereocenters. The van der Waals surface area contributed by atoms with Crippen molar-refractivity contribution in [3.8, 4) is 0 Å². The number of nitrogens with two attached hydrogens (primary N) is 1. The van der Waals surface area contributed by atoms with E-state index in [1.54, 1.807) is 6.07 Å². The van der Waals surface area contributed by atoms with Crippen molar-refractivity contribution in [3.63, 3.8) is 0 Å². The van der Waals surface area contributed by atoms with Crippen LogP contribution in [0.4, 0.5) is 20.2 Å². The molecular weight excluding hydrogens is 360 g/mol. The van der Waals surface area contributed by atoms with Gasteiger partial charge in [0.2, 0.25) is 0 Å². The van der Waals surface area contributed by atoms with Gasteiger partial charge in [0.1, 0.15) is 11.6 Å². The van der Waals surface area contributed by atoms with E-state index in [-0.39, 0.29) is 18.3 Å². The second-order valence-electron chi connectivity index (χ2n) is 6.36. The van der Waals surface area contributed by atoms with Crippen LogP contribution < -0.4 is 10.0 Å². The van der Waals surface area contributed by atoms with Gasteiger partial charge in [0.25, 0.3) is 0 Å². The maximum atomic E-state index is 14.5. The first-order valence-electron chi connectivity index (χ1n) is 8.44. The number of nitrogens with zero attached hydrogens (tertiary/aromatic N) is 2. The van der Waals surface area contributed by atoms with Crippen molar-refractivity contribution in [1.29, 1.82) is 0 Å². The van der Waals surface area contributed by atoms with E-state index in [9.17, 15) is 17.9 Å². The van der Waals surface area contributed by atoms with Gasteiger partial charge in [0, 0.05) is 12.6 Å². The molecule has 0 bridgehead atoms. The second-order valence-corrected chi connectivity index (χ2v) is 8.18. The lowest BCUT2D eigenvalue weighted by Gasteiger charge is -2.55. The first-order chi connectivity index (χ1) is 12.4. The van der Waals surface area contributed by atoms with E-state index in [4.69, 9.17) is 5.73 Å². The summed E-state index contributed by atoms with van der Waals surface area (Å²) in [5.41, 5.74) is 6.56. The fourth-order valence-corrected chi connectivity index (χ4v) is 5.17. The van der Waals surface area contributed by atoms with Gasteiger partial charge in [-0.15, -0.1) is 0 Å². The van der Waals surface area contributed by atoms with Gasteiger partial charge in [-0.1, -0.05) is 12.1 Å². The summed E-state index contributed by atoms with van der Waals surface area (Å²) in [5.74, 6) is -1.01. The standard InChI is InChI=1S/C18H23F2N3O2S/c1-13(5-4-10-21)22-12-14-11-15(19)8-9-17(14)23(26(22,24)25)18-7-3-2-6-16(18)20/h2-3,6-9,11,13,24-25H,4-5,10,12,21H2,1H3. The third-order valence-corrected chi connectivity index (χ3v) is 6.54. The average Bonchev–Trinajstić information content (AvgIpc) is 2.60. The number of halogens is 2. The Kier molecular flexibility index (Phi) is 5.50. The van der Waals surface area contributed by atoms with E-state index in [2.05, 4.69) is 0 Å². The minimum atomic E-state index is -3.53. The molecule has 1 aliphatic heterocycles. The van der Waals surface area contributed by atoms with Crippen LogP contribution in [0.15, 0.2) is 42.5 Å². The Morgan fingerprint density at radius 2 is 1.88 bits per heavy atom. The molecule has 8 heteroatoms. The van der Waals surface area contributed by atoms with Crippen LogP contribution in [-0.2, 0) is 6.54 Å². The van der Waals surface area contributed by atoms with E-state index in [0.29, 0.717) is 30.6 Å². The van der Waals surface area contributed by atoms with Crippen LogP contribution in [0.1, 0.15) is 25.3 Å². The summed E-state index contributed by atoms with van der Waals surface area (Å²) < 4.78 is 53.0. The van der Waals surface area contributed by atoms with Crippen LogP contribution in [0.25, 0.3) is 0 Å². The van der Waals surface area contributed by atoms with Gasteiger partial charge in [-0.3, -0.25) is 9.11 Å². The van der Waals surface area contributed by atoms with E-state index in [1.807, 2.05) is 6.92 Å². The summed E-state index contributed by atoms with van der Waals surface area (Å²) in [7, 11) is -3.53. The van der Waals surface area contributed by atoms with Gasteiger partial charge in [0.05, 0.1) is 11.4 Å². The SMILES string of the molecule is CC(CCCN)N1Cc2cc(F)ccc2N(c2ccccc2F)S1(O)O. The molecule has 0 spiro atoms. The summed E-state index contributed by atoms with van der Waals surface area (Å²) in [6.07, 6.45) is 1.35. The number of hydrogen-bond acceptors (Lipinski definition) is 5. The topological polar surface area (TPSA) is 73.0 Å². The molecule has 0 aliphatic carbocycles. The molecule has 0 radical (unpaired) electrons. The van der Waals surface area contributed by atoms with Gasteiger partial charge < -0.3 is 5.73 Å². The summed E-state index contributed by atoms with van der Waals surface area (Å²) in [6, 6.07) is 9.68. The first-order valence-corrected chi connectivity index (χ1v) is 9.90. The molecule has 1 unspecified atom stereocenters. The number of para-hydroxylation sites is 1. The highest BCUT2D eigenvalue weighted by molar-refractivity contribution is 8.23. The van der Waals surface area contributed by atoms with Crippen LogP contribution in [0.3, 0.4) is 0 Å². The van der Waals surface area contributed by atoms with Crippen LogP contribution >= 0.6 is 11.0 Å². The van der Waals surface area contributed by atoms with Crippen molar-refractivity contribution in [2.75, 3.05) is 10.8 Å². The van der Waals surface area contributed by atoms with Crippen molar-refractivity contribution in [2.45, 2.75) is 32.4 Å². The Labute approximate surface area is 153 Å². The van der Waals surface area contributed by atoms with Gasteiger partial charge in [0.15, 0.2) is 0 Å². The van der Waals surface area contributed by atoms with E-state index in [0.717, 1.165) is 0 Å². The largest absolute Gasteiger partial charge is 0.330 e. The molecule has 0 amide bonds. The Morgan fingerprint density at radius 3 is 2.58 bits per heavy atom. The van der Waals surface area contributed by atoms with Crippen molar-refractivity contribution in [3.05, 3.63) is 59.7 Å². The zero-order valence-corrected chi connectivity index (χ0v) is 15.3. The fourth-order valence-electron chi connectivity index (χ4n) is 3.20. The first kappa shape index (κ1) is 19.1. The highest BCUT2D eigenvalue weighted by atomic mass is 32.3. The minimum Gasteiger partial charge on any atom is -0.330 e. The highest BCUT2D eigenvalue weighted by Crippen LogP contribution is 2.60. The molecule has 1 aliphatic rings. The smallest absolute Gasteiger partial charge is 0.148 e. The third-order valence-electron chi connectivity index (χ3n) is 4.53. The van der Waals surface area contributed by atoms with E-state index >= 15 is 0 Å². The maximum Gasteiger partial charge on any atom is 0.148 e. The number of rotatable bonds is 5. The second kappa shape index (κ2) is 7.50. The van der Waals surface area contributed by atoms with Crippen LogP contribution in [-0.4, -0.2) is 26.0 Å². The van der Waals surface area contributed by atoms with Gasteiger partial charge in [-0.25, -0.2) is 13.1 Å². The lowest BCUT2D eigenvalue weighted by molar-refractivity contribution is 0.269. The number of benzene rings is 2. The highest BCUT2D eigenvalue weighted by Gasteiger charge is 2.41. The van der Waals surface area contributed by atoms with E-state index in [1.165, 1.54) is 45.0 Å². The third kappa shape index (κ3) is 3.43. The molecule has 0 saturated carbocycles.